The minimum atomic E-state index is -0.568. The van der Waals surface area contributed by atoms with Crippen LogP contribution in [0.25, 0.3) is 11.5 Å². The van der Waals surface area contributed by atoms with Crippen LogP contribution in [-0.2, 0) is 4.79 Å². The van der Waals surface area contributed by atoms with Crippen LogP contribution in [0.4, 0.5) is 17.1 Å². The average molecular weight is 475 g/mol. The molecule has 0 atom stereocenters. The lowest BCUT2D eigenvalue weighted by molar-refractivity contribution is -0.383. The molecule has 0 aliphatic carbocycles. The molecule has 10 nitrogen and oxygen atoms in total. The molecule has 0 bridgehead atoms. The number of benzene rings is 3. The Morgan fingerprint density at radius 3 is 2.32 bits per heavy atom. The predicted molar refractivity (Wildman–Crippen MR) is 127 cm³/mol. The summed E-state index contributed by atoms with van der Waals surface area (Å²) < 4.78 is 5.66. The molecular weight excluding hydrogens is 458 g/mol. The van der Waals surface area contributed by atoms with E-state index in [0.29, 0.717) is 16.8 Å². The second kappa shape index (κ2) is 10.4. The molecule has 0 aliphatic heterocycles. The number of carbonyl (C=O) groups excluding carboxylic acids is 2. The van der Waals surface area contributed by atoms with Crippen molar-refractivity contribution in [1.82, 2.24) is 10.2 Å². The number of hydrogen-bond acceptors (Lipinski definition) is 8. The fraction of sp³-hybridized carbons (Fsp3) is 0.0435. The summed E-state index contributed by atoms with van der Waals surface area (Å²) in [6.07, 6.45) is 0. The van der Waals surface area contributed by atoms with Crippen molar-refractivity contribution in [3.8, 4) is 11.5 Å². The number of nitro groups is 1. The van der Waals surface area contributed by atoms with Crippen molar-refractivity contribution in [2.24, 2.45) is 0 Å². The molecule has 0 radical (unpaired) electrons. The number of nitro benzene ring substituents is 1. The standard InChI is InChI=1S/C23H17N5O5S/c29-20(24-18-12-6-7-13-19(18)28(31)32)14-34-23-27-26-22(33-23)16-10-4-5-11-17(16)25-21(30)15-8-2-1-3-9-15/h1-13H,14H2,(H,24,29)(H,25,30). The van der Waals surface area contributed by atoms with Crippen molar-refractivity contribution in [1.29, 1.82) is 0 Å². The van der Waals surface area contributed by atoms with Crippen molar-refractivity contribution in [2.75, 3.05) is 16.4 Å². The highest BCUT2D eigenvalue weighted by molar-refractivity contribution is 7.99. The van der Waals surface area contributed by atoms with Gasteiger partial charge in [0.05, 0.1) is 21.9 Å². The Balaban J connectivity index is 1.42. The molecule has 4 aromatic rings. The molecule has 0 spiro atoms. The van der Waals surface area contributed by atoms with Gasteiger partial charge in [0.2, 0.25) is 5.91 Å². The summed E-state index contributed by atoms with van der Waals surface area (Å²) in [5.74, 6) is -0.672. The lowest BCUT2D eigenvalue weighted by Gasteiger charge is -2.08. The van der Waals surface area contributed by atoms with Gasteiger partial charge in [-0.3, -0.25) is 19.7 Å². The molecule has 1 aromatic heterocycles. The van der Waals surface area contributed by atoms with Crippen LogP contribution in [-0.4, -0.2) is 32.7 Å². The Morgan fingerprint density at radius 1 is 0.882 bits per heavy atom. The summed E-state index contributed by atoms with van der Waals surface area (Å²) in [5, 5.41) is 24.5. The summed E-state index contributed by atoms with van der Waals surface area (Å²) in [6, 6.07) is 21.6. The minimum absolute atomic E-state index is 0.0972. The van der Waals surface area contributed by atoms with E-state index < -0.39 is 10.8 Å². The normalized spacial score (nSPS) is 10.5. The molecule has 11 heteroatoms. The Hall–Kier alpha value is -4.51. The first-order valence-corrected chi connectivity index (χ1v) is 10.9. The van der Waals surface area contributed by atoms with Gasteiger partial charge in [-0.15, -0.1) is 10.2 Å². The molecule has 1 heterocycles. The molecule has 0 saturated heterocycles. The topological polar surface area (TPSA) is 140 Å². The van der Waals surface area contributed by atoms with Gasteiger partial charge in [0.1, 0.15) is 5.69 Å². The lowest BCUT2D eigenvalue weighted by atomic mass is 10.1. The first kappa shape index (κ1) is 22.7. The average Bonchev–Trinajstić information content (AvgIpc) is 3.33. The van der Waals surface area contributed by atoms with Gasteiger partial charge in [-0.25, -0.2) is 0 Å². The zero-order valence-electron chi connectivity index (χ0n) is 17.5. The van der Waals surface area contributed by atoms with Crippen LogP contribution in [0.3, 0.4) is 0 Å². The van der Waals surface area contributed by atoms with E-state index in [2.05, 4.69) is 20.8 Å². The third-order valence-corrected chi connectivity index (χ3v) is 5.37. The molecule has 34 heavy (non-hydrogen) atoms. The van der Waals surface area contributed by atoms with Crippen LogP contribution in [0, 0.1) is 10.1 Å². The molecule has 170 valence electrons. The minimum Gasteiger partial charge on any atom is -0.411 e. The van der Waals surface area contributed by atoms with E-state index in [9.17, 15) is 19.7 Å². The quantitative estimate of drug-likeness (QED) is 0.214. The van der Waals surface area contributed by atoms with Gasteiger partial charge in [0.15, 0.2) is 0 Å². The Kier molecular flexibility index (Phi) is 6.94. The zero-order chi connectivity index (χ0) is 23.9. The van der Waals surface area contributed by atoms with Crippen molar-refractivity contribution < 1.29 is 18.9 Å². The number of carbonyl (C=O) groups is 2. The van der Waals surface area contributed by atoms with E-state index >= 15 is 0 Å². The third-order valence-electron chi connectivity index (χ3n) is 4.55. The Bertz CT molecular complexity index is 1340. The maximum atomic E-state index is 12.5. The smallest absolute Gasteiger partial charge is 0.292 e. The molecule has 2 N–H and O–H groups in total. The molecule has 4 rings (SSSR count). The molecule has 0 unspecified atom stereocenters. The van der Waals surface area contributed by atoms with Crippen LogP contribution in [0.15, 0.2) is 88.5 Å². The zero-order valence-corrected chi connectivity index (χ0v) is 18.3. The van der Waals surface area contributed by atoms with Gasteiger partial charge >= 0.3 is 0 Å². The second-order valence-electron chi connectivity index (χ2n) is 6.85. The number of amides is 2. The van der Waals surface area contributed by atoms with E-state index in [0.717, 1.165) is 11.8 Å². The first-order chi connectivity index (χ1) is 16.5. The lowest BCUT2D eigenvalue weighted by Crippen LogP contribution is -2.15. The SMILES string of the molecule is O=C(CSc1nnc(-c2ccccc2NC(=O)c2ccccc2)o1)Nc1ccccc1[N+](=O)[O-]. The monoisotopic (exact) mass is 475 g/mol. The number of rotatable bonds is 8. The van der Waals surface area contributed by atoms with Gasteiger partial charge in [-0.2, -0.15) is 0 Å². The predicted octanol–water partition coefficient (Wildman–Crippen LogP) is 4.63. The fourth-order valence-electron chi connectivity index (χ4n) is 2.99. The third kappa shape index (κ3) is 5.45. The van der Waals surface area contributed by atoms with Crippen LogP contribution in [0.5, 0.6) is 0 Å². The van der Waals surface area contributed by atoms with Crippen LogP contribution < -0.4 is 10.6 Å². The summed E-state index contributed by atoms with van der Waals surface area (Å²) in [7, 11) is 0. The summed E-state index contributed by atoms with van der Waals surface area (Å²) in [5.41, 5.74) is 1.42. The van der Waals surface area contributed by atoms with Crippen molar-refractivity contribution in [2.45, 2.75) is 5.22 Å². The van der Waals surface area contributed by atoms with Crippen LogP contribution in [0.1, 0.15) is 10.4 Å². The summed E-state index contributed by atoms with van der Waals surface area (Å²) >= 11 is 0.985. The molecule has 0 fully saturated rings. The highest BCUT2D eigenvalue weighted by Gasteiger charge is 2.18. The number of nitrogens with zero attached hydrogens (tertiary/aromatic N) is 3. The summed E-state index contributed by atoms with van der Waals surface area (Å²) in [4.78, 5) is 35.3. The van der Waals surface area contributed by atoms with E-state index in [-0.39, 0.29) is 34.1 Å². The maximum Gasteiger partial charge on any atom is 0.292 e. The fourth-order valence-corrected chi connectivity index (χ4v) is 3.55. The Morgan fingerprint density at radius 2 is 1.56 bits per heavy atom. The first-order valence-electron chi connectivity index (χ1n) is 9.96. The van der Waals surface area contributed by atoms with Gasteiger partial charge in [0.25, 0.3) is 22.7 Å². The van der Waals surface area contributed by atoms with Gasteiger partial charge in [0, 0.05) is 11.6 Å². The number of para-hydroxylation sites is 3. The maximum absolute atomic E-state index is 12.5. The number of aromatic nitrogens is 2. The highest BCUT2D eigenvalue weighted by Crippen LogP contribution is 2.30. The summed E-state index contributed by atoms with van der Waals surface area (Å²) in [6.45, 7) is 0. The van der Waals surface area contributed by atoms with Crippen molar-refractivity contribution in [3.63, 3.8) is 0 Å². The highest BCUT2D eigenvalue weighted by atomic mass is 32.2. The second-order valence-corrected chi connectivity index (χ2v) is 7.78. The number of hydrogen-bond donors (Lipinski definition) is 2. The van der Waals surface area contributed by atoms with E-state index in [4.69, 9.17) is 4.42 Å². The molecular formula is C23H17N5O5S. The number of nitrogens with one attached hydrogen (secondary N) is 2. The van der Waals surface area contributed by atoms with Gasteiger partial charge < -0.3 is 15.1 Å². The van der Waals surface area contributed by atoms with Crippen LogP contribution >= 0.6 is 11.8 Å². The van der Waals surface area contributed by atoms with E-state index in [1.165, 1.54) is 18.2 Å². The van der Waals surface area contributed by atoms with Crippen LogP contribution in [0.2, 0.25) is 0 Å². The number of thioether (sulfide) groups is 1. The van der Waals surface area contributed by atoms with Gasteiger partial charge in [-0.1, -0.05) is 54.2 Å². The number of anilines is 2. The van der Waals surface area contributed by atoms with E-state index in [1.807, 2.05) is 6.07 Å². The molecule has 0 saturated carbocycles. The van der Waals surface area contributed by atoms with Crippen molar-refractivity contribution >= 4 is 40.6 Å². The van der Waals surface area contributed by atoms with Gasteiger partial charge in [-0.05, 0) is 30.3 Å². The Labute approximate surface area is 197 Å². The molecule has 2 amide bonds. The largest absolute Gasteiger partial charge is 0.411 e. The molecule has 0 aliphatic rings. The van der Waals surface area contributed by atoms with Crippen molar-refractivity contribution in [3.05, 3.63) is 94.5 Å². The van der Waals surface area contributed by atoms with E-state index in [1.54, 1.807) is 54.6 Å². The molecule has 3 aromatic carbocycles.